The van der Waals surface area contributed by atoms with E-state index in [2.05, 4.69) is 5.32 Å². The molecule has 0 aromatic heterocycles. The molecule has 0 saturated heterocycles. The minimum Gasteiger partial charge on any atom is -0.349 e. The summed E-state index contributed by atoms with van der Waals surface area (Å²) >= 11 is 0. The lowest BCUT2D eigenvalue weighted by Gasteiger charge is -2.28. The van der Waals surface area contributed by atoms with Crippen molar-refractivity contribution in [2.75, 3.05) is 0 Å². The second kappa shape index (κ2) is 6.15. The zero-order chi connectivity index (χ0) is 13.8. The molecule has 3 atom stereocenters. The fraction of sp³-hybridized carbons (Fsp3) is 0.533. The number of nitrogens with one attached hydrogen (secondary N) is 1. The maximum absolute atomic E-state index is 12.9. The zero-order valence-electron chi connectivity index (χ0n) is 11.2. The highest BCUT2D eigenvalue weighted by Gasteiger charge is 2.28. The lowest BCUT2D eigenvalue weighted by molar-refractivity contribution is -0.127. The highest BCUT2D eigenvalue weighted by molar-refractivity contribution is 5.79. The number of benzene rings is 1. The molecule has 1 aliphatic rings. The van der Waals surface area contributed by atoms with Crippen LogP contribution in [0.25, 0.3) is 0 Å². The van der Waals surface area contributed by atoms with E-state index in [-0.39, 0.29) is 29.7 Å². The van der Waals surface area contributed by atoms with E-state index in [9.17, 15) is 9.18 Å². The highest BCUT2D eigenvalue weighted by atomic mass is 19.1. The molecule has 3 N–H and O–H groups in total. The topological polar surface area (TPSA) is 55.1 Å². The molecule has 0 bridgehead atoms. The summed E-state index contributed by atoms with van der Waals surface area (Å²) in [5.74, 6) is -0.336. The first-order chi connectivity index (χ1) is 9.08. The average molecular weight is 264 g/mol. The Morgan fingerprint density at radius 2 is 1.95 bits per heavy atom. The van der Waals surface area contributed by atoms with Crippen LogP contribution in [0.1, 0.15) is 44.2 Å². The van der Waals surface area contributed by atoms with Crippen molar-refractivity contribution in [2.45, 2.75) is 44.7 Å². The van der Waals surface area contributed by atoms with E-state index < -0.39 is 0 Å². The van der Waals surface area contributed by atoms with E-state index in [0.29, 0.717) is 0 Å². The molecule has 1 aromatic carbocycles. The van der Waals surface area contributed by atoms with Gasteiger partial charge in [0.2, 0.25) is 5.91 Å². The summed E-state index contributed by atoms with van der Waals surface area (Å²) in [5.41, 5.74) is 6.91. The Bertz CT molecular complexity index is 432. The smallest absolute Gasteiger partial charge is 0.225 e. The fourth-order valence-corrected chi connectivity index (χ4v) is 2.64. The molecule has 1 saturated carbocycles. The standard InChI is InChI=1S/C15H21FN2O/c1-10(11-6-8-12(16)9-7-11)18-15(19)13-4-2-3-5-14(13)17/h6-10,13-14H,2-5,17H2,1H3,(H,18,19)/t10-,13?,14?/m0/s1. The number of carbonyl (C=O) groups is 1. The number of hydrogen-bond acceptors (Lipinski definition) is 2. The summed E-state index contributed by atoms with van der Waals surface area (Å²) in [6.45, 7) is 1.90. The number of halogens is 1. The summed E-state index contributed by atoms with van der Waals surface area (Å²) in [6.07, 6.45) is 3.96. The van der Waals surface area contributed by atoms with Crippen LogP contribution in [0.4, 0.5) is 4.39 Å². The quantitative estimate of drug-likeness (QED) is 0.881. The highest BCUT2D eigenvalue weighted by Crippen LogP contribution is 2.24. The summed E-state index contributed by atoms with van der Waals surface area (Å²) < 4.78 is 12.9. The third-order valence-corrected chi connectivity index (χ3v) is 3.88. The van der Waals surface area contributed by atoms with E-state index in [4.69, 9.17) is 5.73 Å². The summed E-state index contributed by atoms with van der Waals surface area (Å²) in [7, 11) is 0. The lowest BCUT2D eigenvalue weighted by atomic mass is 9.84. The van der Waals surface area contributed by atoms with Crippen molar-refractivity contribution < 1.29 is 9.18 Å². The van der Waals surface area contributed by atoms with Gasteiger partial charge in [0.1, 0.15) is 5.82 Å². The van der Waals surface area contributed by atoms with Crippen LogP contribution in [0, 0.1) is 11.7 Å². The molecule has 3 nitrogen and oxygen atoms in total. The molecule has 1 aromatic rings. The number of hydrogen-bond donors (Lipinski definition) is 2. The molecule has 0 aliphatic heterocycles. The summed E-state index contributed by atoms with van der Waals surface area (Å²) in [5, 5.41) is 2.97. The molecule has 104 valence electrons. The number of rotatable bonds is 3. The first kappa shape index (κ1) is 14.0. The van der Waals surface area contributed by atoms with Gasteiger partial charge in [-0.3, -0.25) is 4.79 Å². The second-order valence-electron chi connectivity index (χ2n) is 5.34. The summed E-state index contributed by atoms with van der Waals surface area (Å²) in [6, 6.07) is 6.05. The van der Waals surface area contributed by atoms with Crippen LogP contribution >= 0.6 is 0 Å². The van der Waals surface area contributed by atoms with E-state index in [1.807, 2.05) is 6.92 Å². The molecule has 1 fully saturated rings. The Hall–Kier alpha value is -1.42. The first-order valence-corrected chi connectivity index (χ1v) is 6.89. The van der Waals surface area contributed by atoms with Crippen LogP contribution in [-0.4, -0.2) is 11.9 Å². The molecule has 0 radical (unpaired) electrons. The van der Waals surface area contributed by atoms with Crippen LogP contribution in [0.15, 0.2) is 24.3 Å². The van der Waals surface area contributed by atoms with Gasteiger partial charge in [0.15, 0.2) is 0 Å². The Labute approximate surface area is 113 Å². The molecule has 4 heteroatoms. The van der Waals surface area contributed by atoms with Crippen molar-refractivity contribution >= 4 is 5.91 Å². The van der Waals surface area contributed by atoms with Gasteiger partial charge < -0.3 is 11.1 Å². The minimum atomic E-state index is -0.267. The van der Waals surface area contributed by atoms with Gasteiger partial charge in [0.05, 0.1) is 12.0 Å². The predicted molar refractivity (Wildman–Crippen MR) is 72.9 cm³/mol. The molecule has 19 heavy (non-hydrogen) atoms. The van der Waals surface area contributed by atoms with E-state index in [1.165, 1.54) is 12.1 Å². The molecule has 0 heterocycles. The minimum absolute atomic E-state index is 0.0176. The molecule has 0 spiro atoms. The maximum Gasteiger partial charge on any atom is 0.225 e. The van der Waals surface area contributed by atoms with Crippen molar-refractivity contribution in [3.05, 3.63) is 35.6 Å². The Balaban J connectivity index is 1.96. The number of nitrogens with two attached hydrogens (primary N) is 1. The monoisotopic (exact) mass is 264 g/mol. The van der Waals surface area contributed by atoms with Crippen molar-refractivity contribution in [3.8, 4) is 0 Å². The van der Waals surface area contributed by atoms with Gasteiger partial charge in [0.25, 0.3) is 0 Å². The van der Waals surface area contributed by atoms with E-state index in [0.717, 1.165) is 31.2 Å². The van der Waals surface area contributed by atoms with Gasteiger partial charge in [-0.2, -0.15) is 0 Å². The van der Waals surface area contributed by atoms with Gasteiger partial charge in [-0.05, 0) is 37.5 Å². The van der Waals surface area contributed by atoms with Crippen molar-refractivity contribution in [3.63, 3.8) is 0 Å². The van der Waals surface area contributed by atoms with Crippen LogP contribution in [0.2, 0.25) is 0 Å². The van der Waals surface area contributed by atoms with Crippen LogP contribution in [0.5, 0.6) is 0 Å². The first-order valence-electron chi connectivity index (χ1n) is 6.89. The van der Waals surface area contributed by atoms with Crippen molar-refractivity contribution in [1.82, 2.24) is 5.32 Å². The van der Waals surface area contributed by atoms with Crippen molar-refractivity contribution in [1.29, 1.82) is 0 Å². The van der Waals surface area contributed by atoms with Gasteiger partial charge in [-0.15, -0.1) is 0 Å². The predicted octanol–water partition coefficient (Wildman–Crippen LogP) is 2.52. The molecular formula is C15H21FN2O. The van der Waals surface area contributed by atoms with Gasteiger partial charge in [-0.25, -0.2) is 4.39 Å². The fourth-order valence-electron chi connectivity index (χ4n) is 2.64. The van der Waals surface area contributed by atoms with Crippen LogP contribution in [-0.2, 0) is 4.79 Å². The van der Waals surface area contributed by atoms with Gasteiger partial charge >= 0.3 is 0 Å². The Morgan fingerprint density at radius 3 is 2.58 bits per heavy atom. The summed E-state index contributed by atoms with van der Waals surface area (Å²) in [4.78, 5) is 12.2. The Kier molecular flexibility index (Phi) is 4.53. The molecule has 1 amide bonds. The molecular weight excluding hydrogens is 243 g/mol. The van der Waals surface area contributed by atoms with Crippen LogP contribution < -0.4 is 11.1 Å². The lowest BCUT2D eigenvalue weighted by Crippen LogP contribution is -2.44. The van der Waals surface area contributed by atoms with E-state index in [1.54, 1.807) is 12.1 Å². The SMILES string of the molecule is C[C@H](NC(=O)C1CCCCC1N)c1ccc(F)cc1. The average Bonchev–Trinajstić information content (AvgIpc) is 2.39. The molecule has 2 rings (SSSR count). The van der Waals surface area contributed by atoms with Gasteiger partial charge in [0, 0.05) is 6.04 Å². The second-order valence-corrected chi connectivity index (χ2v) is 5.34. The Morgan fingerprint density at radius 1 is 1.32 bits per heavy atom. The van der Waals surface area contributed by atoms with Crippen molar-refractivity contribution in [2.24, 2.45) is 11.7 Å². The largest absolute Gasteiger partial charge is 0.349 e. The maximum atomic E-state index is 12.9. The van der Waals surface area contributed by atoms with E-state index >= 15 is 0 Å². The normalized spacial score (nSPS) is 24.8. The molecule has 1 aliphatic carbocycles. The number of carbonyl (C=O) groups excluding carboxylic acids is 1. The van der Waals surface area contributed by atoms with Gasteiger partial charge in [-0.1, -0.05) is 25.0 Å². The third kappa shape index (κ3) is 3.53. The third-order valence-electron chi connectivity index (χ3n) is 3.88. The zero-order valence-corrected chi connectivity index (χ0v) is 11.2. The number of amides is 1. The van der Waals surface area contributed by atoms with Crippen LogP contribution in [0.3, 0.4) is 0 Å². The molecule has 2 unspecified atom stereocenters.